The molecule has 17 heavy (non-hydrogen) atoms. The highest BCUT2D eigenvalue weighted by molar-refractivity contribution is 7.99. The second-order valence-electron chi connectivity index (χ2n) is 5.37. The van der Waals surface area contributed by atoms with Gasteiger partial charge < -0.3 is 5.11 Å². The molecule has 4 heteroatoms. The summed E-state index contributed by atoms with van der Waals surface area (Å²) in [5, 5.41) is 9.59. The molecule has 0 aromatic heterocycles. The molecular weight excluding hydrogens is 234 g/mol. The fraction of sp³-hybridized carbons (Fsp3) is 0.923. The molecule has 2 aliphatic heterocycles. The maximum atomic E-state index is 11.7. The lowest BCUT2D eigenvalue weighted by Gasteiger charge is -2.36. The van der Waals surface area contributed by atoms with Gasteiger partial charge >= 0.3 is 5.97 Å². The van der Waals surface area contributed by atoms with E-state index in [0.29, 0.717) is 5.92 Å². The summed E-state index contributed by atoms with van der Waals surface area (Å²) in [7, 11) is 0. The Kier molecular flexibility index (Phi) is 4.36. The van der Waals surface area contributed by atoms with E-state index in [0.717, 1.165) is 38.8 Å². The van der Waals surface area contributed by atoms with Gasteiger partial charge in [0.25, 0.3) is 0 Å². The molecule has 0 aromatic rings. The molecule has 2 aliphatic rings. The van der Waals surface area contributed by atoms with Crippen LogP contribution in [0, 0.1) is 5.92 Å². The van der Waals surface area contributed by atoms with Crippen LogP contribution >= 0.6 is 11.8 Å². The summed E-state index contributed by atoms with van der Waals surface area (Å²) in [4.78, 5) is 13.9. The molecular formula is C13H23NO2S. The topological polar surface area (TPSA) is 40.5 Å². The predicted octanol–water partition coefficient (Wildman–Crippen LogP) is 2.46. The molecule has 2 atom stereocenters. The zero-order chi connectivity index (χ0) is 12.3. The van der Waals surface area contributed by atoms with Crippen molar-refractivity contribution in [2.45, 2.75) is 44.6 Å². The molecule has 0 radical (unpaired) electrons. The Balaban J connectivity index is 2.04. The quantitative estimate of drug-likeness (QED) is 0.821. The summed E-state index contributed by atoms with van der Waals surface area (Å²) in [6.45, 7) is 4.07. The monoisotopic (exact) mass is 257 g/mol. The van der Waals surface area contributed by atoms with Crippen LogP contribution in [0.1, 0.15) is 39.0 Å². The van der Waals surface area contributed by atoms with Crippen molar-refractivity contribution in [3.8, 4) is 0 Å². The number of likely N-dealkylation sites (tertiary alicyclic amines) is 1. The molecule has 0 bridgehead atoms. The van der Waals surface area contributed by atoms with Crippen molar-refractivity contribution in [3.05, 3.63) is 0 Å². The Morgan fingerprint density at radius 3 is 3.00 bits per heavy atom. The molecule has 0 spiro atoms. The molecule has 0 aliphatic carbocycles. The summed E-state index contributed by atoms with van der Waals surface area (Å²) in [6, 6.07) is 0. The van der Waals surface area contributed by atoms with Crippen molar-refractivity contribution in [2.24, 2.45) is 5.92 Å². The fourth-order valence-electron chi connectivity index (χ4n) is 3.29. The van der Waals surface area contributed by atoms with Gasteiger partial charge in [0, 0.05) is 6.54 Å². The second-order valence-corrected chi connectivity index (χ2v) is 6.52. The van der Waals surface area contributed by atoms with Gasteiger partial charge in [-0.25, -0.2) is 0 Å². The summed E-state index contributed by atoms with van der Waals surface area (Å²) in [5.74, 6) is 2.60. The molecule has 2 unspecified atom stereocenters. The summed E-state index contributed by atoms with van der Waals surface area (Å²) < 4.78 is 0. The van der Waals surface area contributed by atoms with Crippen LogP contribution in [-0.2, 0) is 4.79 Å². The van der Waals surface area contributed by atoms with E-state index < -0.39 is 11.5 Å². The van der Waals surface area contributed by atoms with Gasteiger partial charge in [0.15, 0.2) is 0 Å². The minimum atomic E-state index is -0.595. The Labute approximate surface area is 108 Å². The maximum absolute atomic E-state index is 11.7. The largest absolute Gasteiger partial charge is 0.480 e. The highest BCUT2D eigenvalue weighted by Crippen LogP contribution is 2.36. The van der Waals surface area contributed by atoms with Crippen molar-refractivity contribution >= 4 is 17.7 Å². The van der Waals surface area contributed by atoms with E-state index in [1.807, 2.05) is 11.8 Å². The highest BCUT2D eigenvalue weighted by Gasteiger charge is 2.47. The molecule has 0 saturated carbocycles. The number of rotatable bonds is 5. The first kappa shape index (κ1) is 13.2. The second kappa shape index (κ2) is 5.61. The van der Waals surface area contributed by atoms with Crippen molar-refractivity contribution in [1.82, 2.24) is 4.90 Å². The Bertz CT molecular complexity index is 279. The van der Waals surface area contributed by atoms with Gasteiger partial charge in [0.05, 0.1) is 0 Å². The normalized spacial score (nSPS) is 34.3. The van der Waals surface area contributed by atoms with E-state index in [1.54, 1.807) is 0 Å². The molecule has 1 N–H and O–H groups in total. The number of hydrogen-bond donors (Lipinski definition) is 1. The minimum absolute atomic E-state index is 0.540. The van der Waals surface area contributed by atoms with Crippen molar-refractivity contribution in [1.29, 1.82) is 0 Å². The zero-order valence-corrected chi connectivity index (χ0v) is 11.5. The fourth-order valence-corrected chi connectivity index (χ4v) is 4.56. The van der Waals surface area contributed by atoms with Gasteiger partial charge in [0.2, 0.25) is 0 Å². The van der Waals surface area contributed by atoms with Crippen LogP contribution in [0.4, 0.5) is 0 Å². The van der Waals surface area contributed by atoms with Gasteiger partial charge in [-0.2, -0.15) is 11.8 Å². The van der Waals surface area contributed by atoms with E-state index >= 15 is 0 Å². The molecule has 2 fully saturated rings. The molecule has 2 saturated heterocycles. The summed E-state index contributed by atoms with van der Waals surface area (Å²) in [6.07, 6.45) is 4.93. The first-order valence-electron chi connectivity index (χ1n) is 6.75. The molecule has 2 rings (SSSR count). The standard InChI is InChI=1S/C13H23NO2S/c1-2-5-13(12(15)16)6-3-7-14(13)9-11-4-8-17-10-11/h11H,2-10H2,1H3,(H,15,16). The average Bonchev–Trinajstić information content (AvgIpc) is 2.91. The van der Waals surface area contributed by atoms with Gasteiger partial charge in [-0.3, -0.25) is 9.69 Å². The number of carbonyl (C=O) groups is 1. The first-order chi connectivity index (χ1) is 8.19. The van der Waals surface area contributed by atoms with Crippen molar-refractivity contribution in [2.75, 3.05) is 24.6 Å². The molecule has 2 heterocycles. The van der Waals surface area contributed by atoms with Crippen LogP contribution in [0.15, 0.2) is 0 Å². The van der Waals surface area contributed by atoms with Crippen LogP contribution in [0.2, 0.25) is 0 Å². The van der Waals surface area contributed by atoms with E-state index in [2.05, 4.69) is 11.8 Å². The van der Waals surface area contributed by atoms with Crippen LogP contribution in [0.25, 0.3) is 0 Å². The van der Waals surface area contributed by atoms with Gasteiger partial charge in [0.1, 0.15) is 5.54 Å². The third kappa shape index (κ3) is 2.63. The lowest BCUT2D eigenvalue weighted by atomic mass is 9.90. The Morgan fingerprint density at radius 2 is 2.41 bits per heavy atom. The number of aliphatic carboxylic acids is 1. The molecule has 98 valence electrons. The number of nitrogens with zero attached hydrogens (tertiary/aromatic N) is 1. The summed E-state index contributed by atoms with van der Waals surface area (Å²) >= 11 is 2.01. The van der Waals surface area contributed by atoms with E-state index in [9.17, 15) is 9.90 Å². The Hall–Kier alpha value is -0.220. The Morgan fingerprint density at radius 1 is 1.59 bits per heavy atom. The highest BCUT2D eigenvalue weighted by atomic mass is 32.2. The van der Waals surface area contributed by atoms with Gasteiger partial charge in [-0.15, -0.1) is 0 Å². The van der Waals surface area contributed by atoms with Crippen LogP contribution in [-0.4, -0.2) is 46.1 Å². The third-order valence-electron chi connectivity index (χ3n) is 4.19. The van der Waals surface area contributed by atoms with Crippen molar-refractivity contribution < 1.29 is 9.90 Å². The van der Waals surface area contributed by atoms with Crippen LogP contribution in [0.3, 0.4) is 0 Å². The number of carboxylic acids is 1. The molecule has 0 aromatic carbocycles. The van der Waals surface area contributed by atoms with E-state index in [1.165, 1.54) is 17.9 Å². The smallest absolute Gasteiger partial charge is 0.324 e. The minimum Gasteiger partial charge on any atom is -0.480 e. The van der Waals surface area contributed by atoms with Crippen LogP contribution in [0.5, 0.6) is 0 Å². The number of hydrogen-bond acceptors (Lipinski definition) is 3. The lowest BCUT2D eigenvalue weighted by Crippen LogP contribution is -2.52. The number of thioether (sulfide) groups is 1. The van der Waals surface area contributed by atoms with E-state index in [4.69, 9.17) is 0 Å². The first-order valence-corrected chi connectivity index (χ1v) is 7.90. The molecule has 0 amide bonds. The van der Waals surface area contributed by atoms with Gasteiger partial charge in [-0.05, 0) is 49.7 Å². The predicted molar refractivity (Wildman–Crippen MR) is 71.5 cm³/mol. The molecule has 3 nitrogen and oxygen atoms in total. The van der Waals surface area contributed by atoms with E-state index in [-0.39, 0.29) is 0 Å². The van der Waals surface area contributed by atoms with Crippen molar-refractivity contribution in [3.63, 3.8) is 0 Å². The third-order valence-corrected chi connectivity index (χ3v) is 5.42. The lowest BCUT2D eigenvalue weighted by molar-refractivity contribution is -0.150. The van der Waals surface area contributed by atoms with Crippen LogP contribution < -0.4 is 0 Å². The number of carboxylic acid groups (broad SMARTS) is 1. The van der Waals surface area contributed by atoms with Gasteiger partial charge in [-0.1, -0.05) is 13.3 Å². The summed E-state index contributed by atoms with van der Waals surface area (Å²) in [5.41, 5.74) is -0.540. The SMILES string of the molecule is CCCC1(C(=O)O)CCCN1CC1CCSC1. The maximum Gasteiger partial charge on any atom is 0.324 e. The average molecular weight is 257 g/mol. The zero-order valence-electron chi connectivity index (χ0n) is 10.7.